The molecule has 3 N–H and O–H groups in total. The first-order valence-corrected chi connectivity index (χ1v) is 41.1. The average Bonchev–Trinajstić information content (AvgIpc) is 2.06. The fraction of sp³-hybridized carbons (Fsp3) is 0.945. The van der Waals surface area contributed by atoms with Crippen molar-refractivity contribution in [2.75, 3.05) is 39.6 Å². The van der Waals surface area contributed by atoms with Gasteiger partial charge in [-0.25, -0.2) is 9.13 Å². The molecule has 0 rings (SSSR count). The molecule has 19 heteroatoms. The highest BCUT2D eigenvalue weighted by Crippen LogP contribution is 2.45. The Morgan fingerprint density at radius 3 is 0.739 bits per heavy atom. The van der Waals surface area contributed by atoms with Crippen molar-refractivity contribution in [3.63, 3.8) is 0 Å². The van der Waals surface area contributed by atoms with Crippen LogP contribution in [-0.4, -0.2) is 96.7 Å². The molecule has 5 atom stereocenters. The highest BCUT2D eigenvalue weighted by atomic mass is 31.2. The summed E-state index contributed by atoms with van der Waals surface area (Å²) in [6.07, 6.45) is 54.3. The minimum Gasteiger partial charge on any atom is -0.462 e. The van der Waals surface area contributed by atoms with Crippen molar-refractivity contribution < 1.29 is 80.2 Å². The van der Waals surface area contributed by atoms with Crippen molar-refractivity contribution >= 4 is 39.5 Å². The van der Waals surface area contributed by atoms with Gasteiger partial charge in [-0.15, -0.1) is 0 Å². The number of aliphatic hydroxyl groups is 1. The van der Waals surface area contributed by atoms with Gasteiger partial charge in [0, 0.05) is 25.7 Å². The van der Waals surface area contributed by atoms with Gasteiger partial charge in [0.1, 0.15) is 19.3 Å². The molecule has 0 heterocycles. The quantitative estimate of drug-likeness (QED) is 0.0222. The Kier molecular flexibility index (Phi) is 64.9. The minimum absolute atomic E-state index is 0.107. The van der Waals surface area contributed by atoms with Crippen molar-refractivity contribution in [2.24, 2.45) is 5.92 Å². The van der Waals surface area contributed by atoms with Gasteiger partial charge in [0.25, 0.3) is 0 Å². The van der Waals surface area contributed by atoms with E-state index in [1.165, 1.54) is 199 Å². The van der Waals surface area contributed by atoms with E-state index in [2.05, 4.69) is 34.6 Å². The maximum absolute atomic E-state index is 13.0. The van der Waals surface area contributed by atoms with Gasteiger partial charge in [-0.3, -0.25) is 37.3 Å². The zero-order valence-electron chi connectivity index (χ0n) is 59.7. The summed E-state index contributed by atoms with van der Waals surface area (Å²) in [5, 5.41) is 10.6. The molecule has 17 nitrogen and oxygen atoms in total. The Labute approximate surface area is 562 Å². The van der Waals surface area contributed by atoms with Crippen molar-refractivity contribution in [3.05, 3.63) is 0 Å². The normalized spacial score (nSPS) is 14.0. The number of phosphoric acid groups is 2. The van der Waals surface area contributed by atoms with Crippen LogP contribution in [0.25, 0.3) is 0 Å². The van der Waals surface area contributed by atoms with E-state index in [0.717, 1.165) is 102 Å². The summed E-state index contributed by atoms with van der Waals surface area (Å²) < 4.78 is 68.3. The van der Waals surface area contributed by atoms with Crippen LogP contribution in [0, 0.1) is 5.92 Å². The molecular weight excluding hydrogens is 1210 g/mol. The van der Waals surface area contributed by atoms with E-state index in [0.29, 0.717) is 25.7 Å². The molecule has 0 bridgehead atoms. The Balaban J connectivity index is 5.15. The van der Waals surface area contributed by atoms with Gasteiger partial charge in [0.15, 0.2) is 12.2 Å². The molecule has 0 radical (unpaired) electrons. The molecule has 0 fully saturated rings. The molecule has 0 saturated carbocycles. The number of rotatable bonds is 73. The highest BCUT2D eigenvalue weighted by molar-refractivity contribution is 7.47. The maximum atomic E-state index is 13.0. The number of hydrogen-bond acceptors (Lipinski definition) is 15. The average molecular weight is 1350 g/mol. The lowest BCUT2D eigenvalue weighted by Gasteiger charge is -2.21. The Bertz CT molecular complexity index is 1770. The molecule has 2 unspecified atom stereocenters. The summed E-state index contributed by atoms with van der Waals surface area (Å²) in [6, 6.07) is 0. The molecule has 546 valence electrons. The third kappa shape index (κ3) is 66.7. The third-order valence-electron chi connectivity index (χ3n) is 17.0. The van der Waals surface area contributed by atoms with Crippen molar-refractivity contribution in [2.45, 2.75) is 400 Å². The fourth-order valence-electron chi connectivity index (χ4n) is 11.2. The second-order valence-corrected chi connectivity index (χ2v) is 29.7. The first-order chi connectivity index (χ1) is 44.5. The molecule has 0 aliphatic carbocycles. The number of hydrogen-bond donors (Lipinski definition) is 3. The molecule has 0 aromatic heterocycles. The molecule has 0 aromatic rings. The smallest absolute Gasteiger partial charge is 0.462 e. The number of unbranched alkanes of at least 4 members (excludes halogenated alkanes) is 45. The zero-order chi connectivity index (χ0) is 67.7. The van der Waals surface area contributed by atoms with Crippen LogP contribution >= 0.6 is 15.6 Å². The predicted molar refractivity (Wildman–Crippen MR) is 372 cm³/mol. The van der Waals surface area contributed by atoms with E-state index in [1.807, 2.05) is 0 Å². The second kappa shape index (κ2) is 66.3. The predicted octanol–water partition coefficient (Wildman–Crippen LogP) is 21.3. The van der Waals surface area contributed by atoms with Crippen LogP contribution in [0.5, 0.6) is 0 Å². The van der Waals surface area contributed by atoms with Gasteiger partial charge in [-0.2, -0.15) is 0 Å². The lowest BCUT2D eigenvalue weighted by atomic mass is 10.0. The molecule has 0 aromatic carbocycles. The summed E-state index contributed by atoms with van der Waals surface area (Å²) in [4.78, 5) is 72.5. The van der Waals surface area contributed by atoms with Crippen LogP contribution in [0.15, 0.2) is 0 Å². The van der Waals surface area contributed by atoms with E-state index in [9.17, 15) is 43.2 Å². The molecule has 0 amide bonds. The molecule has 0 saturated heterocycles. The lowest BCUT2D eigenvalue weighted by molar-refractivity contribution is -0.161. The fourth-order valence-corrected chi connectivity index (χ4v) is 12.8. The highest BCUT2D eigenvalue weighted by Gasteiger charge is 2.30. The number of carbonyl (C=O) groups is 4. The number of aliphatic hydroxyl groups excluding tert-OH is 1. The third-order valence-corrected chi connectivity index (χ3v) is 18.9. The topological polar surface area (TPSA) is 237 Å². The van der Waals surface area contributed by atoms with Crippen LogP contribution in [0.1, 0.15) is 381 Å². The van der Waals surface area contributed by atoms with Gasteiger partial charge >= 0.3 is 39.5 Å². The Morgan fingerprint density at radius 1 is 0.293 bits per heavy atom. The number of phosphoric ester groups is 2. The van der Waals surface area contributed by atoms with E-state index in [4.69, 9.17) is 37.0 Å². The largest absolute Gasteiger partial charge is 0.472 e. The van der Waals surface area contributed by atoms with Crippen molar-refractivity contribution in [1.82, 2.24) is 0 Å². The summed E-state index contributed by atoms with van der Waals surface area (Å²) >= 11 is 0. The summed E-state index contributed by atoms with van der Waals surface area (Å²) in [7, 11) is -9.90. The van der Waals surface area contributed by atoms with Crippen molar-refractivity contribution in [1.29, 1.82) is 0 Å². The van der Waals surface area contributed by atoms with Gasteiger partial charge in [-0.05, 0) is 31.6 Å². The molecule has 0 aliphatic rings. The molecule has 92 heavy (non-hydrogen) atoms. The Hall–Kier alpha value is -1.94. The van der Waals surface area contributed by atoms with E-state index >= 15 is 0 Å². The molecule has 0 spiro atoms. The summed E-state index contributed by atoms with van der Waals surface area (Å²) in [5.41, 5.74) is 0. The molecular formula is C73H142O17P2. The zero-order valence-corrected chi connectivity index (χ0v) is 61.5. The standard InChI is InChI=1S/C73H142O17P2/c1-6-9-12-15-18-21-23-24-25-26-27-28-29-30-31-32-34-38-44-49-54-59-73(78)90-69(63-84-71(76)57-52-47-42-39-35-36-40-45-50-55-66(4)5)65-88-92(81,82)86-61-67(74)60-85-91(79,80)87-64-68(62-83-70(75)56-51-46-41-20-17-14-11-8-3)89-72(77)58-53-48-43-37-33-22-19-16-13-10-7-2/h66-69,74H,6-65H2,1-5H3,(H,79,80)(H,81,82)/t67-,68+,69+/m0/s1. The Morgan fingerprint density at radius 2 is 0.500 bits per heavy atom. The second-order valence-electron chi connectivity index (χ2n) is 26.8. The van der Waals surface area contributed by atoms with E-state index in [-0.39, 0.29) is 25.7 Å². The van der Waals surface area contributed by atoms with Crippen LogP contribution in [0.2, 0.25) is 0 Å². The lowest BCUT2D eigenvalue weighted by Crippen LogP contribution is -2.30. The van der Waals surface area contributed by atoms with Crippen molar-refractivity contribution in [3.8, 4) is 0 Å². The molecule has 0 aliphatic heterocycles. The number of carbonyl (C=O) groups excluding carboxylic acids is 4. The number of ether oxygens (including phenoxy) is 4. The summed E-state index contributed by atoms with van der Waals surface area (Å²) in [6.45, 7) is 7.22. The van der Waals surface area contributed by atoms with E-state index < -0.39 is 97.5 Å². The minimum atomic E-state index is -4.95. The SMILES string of the molecule is CCCCCCCCCCCCCCCCCCCCCCCC(=O)O[C@H](COC(=O)CCCCCCCCCCCC(C)C)COP(=O)(O)OC[C@@H](O)COP(=O)(O)OC[C@@H](COC(=O)CCCCCCCCCC)OC(=O)CCCCCCCCCCCCC. The van der Waals surface area contributed by atoms with Gasteiger partial charge in [-0.1, -0.05) is 330 Å². The van der Waals surface area contributed by atoms with Gasteiger partial charge < -0.3 is 33.8 Å². The van der Waals surface area contributed by atoms with E-state index in [1.54, 1.807) is 0 Å². The van der Waals surface area contributed by atoms with Crippen LogP contribution in [-0.2, 0) is 65.4 Å². The maximum Gasteiger partial charge on any atom is 0.472 e. The number of esters is 4. The van der Waals surface area contributed by atoms with Crippen LogP contribution in [0.3, 0.4) is 0 Å². The summed E-state index contributed by atoms with van der Waals surface area (Å²) in [5.74, 6) is -1.38. The van der Waals surface area contributed by atoms with Crippen LogP contribution in [0.4, 0.5) is 0 Å². The first-order valence-electron chi connectivity index (χ1n) is 38.1. The van der Waals surface area contributed by atoms with Crippen LogP contribution < -0.4 is 0 Å². The first kappa shape index (κ1) is 90.1. The monoisotopic (exact) mass is 1350 g/mol. The van der Waals surface area contributed by atoms with Gasteiger partial charge in [0.05, 0.1) is 26.4 Å². The van der Waals surface area contributed by atoms with Gasteiger partial charge in [0.2, 0.25) is 0 Å².